The summed E-state index contributed by atoms with van der Waals surface area (Å²) in [6.45, 7) is 6.75. The zero-order chi connectivity index (χ0) is 24.7. The Morgan fingerprint density at radius 3 is 2.62 bits per heavy atom. The second-order valence-electron chi connectivity index (χ2n) is 10.3. The fourth-order valence-electron chi connectivity index (χ4n) is 5.92. The van der Waals surface area contributed by atoms with E-state index in [0.29, 0.717) is 17.8 Å². The number of fused-ring (bicyclic) bond motifs is 2. The van der Waals surface area contributed by atoms with E-state index in [1.807, 2.05) is 0 Å². The van der Waals surface area contributed by atoms with Crippen molar-refractivity contribution in [2.45, 2.75) is 64.1 Å². The van der Waals surface area contributed by atoms with Crippen molar-refractivity contribution in [3.05, 3.63) is 46.6 Å². The lowest BCUT2D eigenvalue weighted by Crippen LogP contribution is -2.45. The molecule has 0 aliphatic heterocycles. The summed E-state index contributed by atoms with van der Waals surface area (Å²) in [5, 5.41) is 10.2. The summed E-state index contributed by atoms with van der Waals surface area (Å²) < 4.78 is 26.1. The van der Waals surface area contributed by atoms with Gasteiger partial charge in [-0.3, -0.25) is 14.6 Å². The number of nitrogens with one attached hydrogen (secondary N) is 2. The van der Waals surface area contributed by atoms with Crippen molar-refractivity contribution in [1.29, 1.82) is 0 Å². The fraction of sp³-hybridized carbons (Fsp3) is 0.583. The van der Waals surface area contributed by atoms with Crippen LogP contribution in [0.15, 0.2) is 40.4 Å². The molecule has 0 spiro atoms. The van der Waals surface area contributed by atoms with Gasteiger partial charge in [0, 0.05) is 31.2 Å². The lowest BCUT2D eigenvalue weighted by molar-refractivity contribution is -0.122. The number of anilines is 1. The van der Waals surface area contributed by atoms with Crippen molar-refractivity contribution in [2.24, 2.45) is 23.2 Å². The predicted octanol–water partition coefficient (Wildman–Crippen LogP) is 2.23. The topological polar surface area (TPSA) is 123 Å². The molecule has 4 rings (SSSR count). The van der Waals surface area contributed by atoms with E-state index >= 15 is 0 Å². The number of hydrogen-bond donors (Lipinski definition) is 2. The Morgan fingerprint density at radius 1 is 1.24 bits per heavy atom. The molecule has 34 heavy (non-hydrogen) atoms. The van der Waals surface area contributed by atoms with Crippen LogP contribution in [0.25, 0.3) is 0 Å². The summed E-state index contributed by atoms with van der Waals surface area (Å²) in [4.78, 5) is 29.1. The van der Waals surface area contributed by atoms with E-state index in [-0.39, 0.29) is 35.1 Å². The molecule has 2 N–H and O–H groups in total. The van der Waals surface area contributed by atoms with Crippen molar-refractivity contribution in [1.82, 2.24) is 20.1 Å². The smallest absolute Gasteiger partial charge is 0.288 e. The van der Waals surface area contributed by atoms with Gasteiger partial charge in [0.1, 0.15) is 6.54 Å². The zero-order valence-corrected chi connectivity index (χ0v) is 20.9. The molecule has 0 saturated heterocycles. The van der Waals surface area contributed by atoms with Crippen LogP contribution in [0.5, 0.6) is 0 Å². The summed E-state index contributed by atoms with van der Waals surface area (Å²) >= 11 is 0. The Bertz CT molecular complexity index is 1230. The first-order valence-electron chi connectivity index (χ1n) is 11.7. The Morgan fingerprint density at radius 2 is 1.94 bits per heavy atom. The summed E-state index contributed by atoms with van der Waals surface area (Å²) in [6, 6.07) is 3.60. The minimum atomic E-state index is -3.85. The molecule has 2 heterocycles. The van der Waals surface area contributed by atoms with E-state index in [0.717, 1.165) is 22.9 Å². The molecule has 2 bridgehead atoms. The number of rotatable bonds is 7. The van der Waals surface area contributed by atoms with Crippen LogP contribution in [0, 0.1) is 23.2 Å². The number of carbonyl (C=O) groups is 1. The van der Waals surface area contributed by atoms with E-state index in [1.165, 1.54) is 19.0 Å². The predicted molar refractivity (Wildman–Crippen MR) is 129 cm³/mol. The molecule has 184 valence electrons. The van der Waals surface area contributed by atoms with E-state index < -0.39 is 21.3 Å². The summed E-state index contributed by atoms with van der Waals surface area (Å²) in [5.41, 5.74) is 0.553. The standard InChI is InChI=1S/C24H33N5O4S/c1-15-18-6-5-17(24(18,2)3)11-19(15)28-20-13-27-29(23(31)22(20)34(4,32)33)14-21(30)26-12-16-7-9-25-10-8-16/h7-10,13,15,17-19,28H,5-6,11-12,14H2,1-4H3,(H,26,30)/t15-,17+,18-,19-/m1/s1. The molecule has 2 aromatic rings. The third-order valence-electron chi connectivity index (χ3n) is 7.89. The average molecular weight is 488 g/mol. The first kappa shape index (κ1) is 24.4. The number of sulfone groups is 1. The van der Waals surface area contributed by atoms with Gasteiger partial charge in [-0.15, -0.1) is 0 Å². The van der Waals surface area contributed by atoms with Crippen molar-refractivity contribution in [3.63, 3.8) is 0 Å². The van der Waals surface area contributed by atoms with E-state index in [1.54, 1.807) is 24.5 Å². The van der Waals surface area contributed by atoms with Gasteiger partial charge in [0.15, 0.2) is 14.7 Å². The minimum absolute atomic E-state index is 0.0618. The number of pyridine rings is 1. The molecule has 9 nitrogen and oxygen atoms in total. The molecule has 2 fully saturated rings. The number of hydrogen-bond acceptors (Lipinski definition) is 7. The van der Waals surface area contributed by atoms with E-state index in [9.17, 15) is 18.0 Å². The van der Waals surface area contributed by atoms with Gasteiger partial charge in [-0.1, -0.05) is 20.8 Å². The molecule has 0 aromatic carbocycles. The normalized spacial score (nSPS) is 25.6. The molecule has 0 unspecified atom stereocenters. The molecular weight excluding hydrogens is 454 g/mol. The average Bonchev–Trinajstić information content (AvgIpc) is 2.94. The second kappa shape index (κ2) is 9.13. The van der Waals surface area contributed by atoms with Crippen LogP contribution in [0.4, 0.5) is 5.69 Å². The summed E-state index contributed by atoms with van der Waals surface area (Å²) in [6.07, 6.45) is 8.89. The Hall–Kier alpha value is -2.75. The molecule has 2 aromatic heterocycles. The van der Waals surface area contributed by atoms with Crippen molar-refractivity contribution in [2.75, 3.05) is 11.6 Å². The largest absolute Gasteiger partial charge is 0.379 e. The van der Waals surface area contributed by atoms with Crippen LogP contribution in [-0.2, 0) is 27.7 Å². The zero-order valence-electron chi connectivity index (χ0n) is 20.1. The molecular formula is C24H33N5O4S. The summed E-state index contributed by atoms with van der Waals surface area (Å²) in [7, 11) is -3.85. The van der Waals surface area contributed by atoms with E-state index in [4.69, 9.17) is 0 Å². The number of carbonyl (C=O) groups excluding carboxylic acids is 1. The molecule has 2 aliphatic rings. The Kier molecular flexibility index (Phi) is 6.54. The highest BCUT2D eigenvalue weighted by molar-refractivity contribution is 7.90. The minimum Gasteiger partial charge on any atom is -0.379 e. The number of amides is 1. The molecule has 0 radical (unpaired) electrons. The summed E-state index contributed by atoms with van der Waals surface area (Å²) in [5.74, 6) is 1.00. The number of aromatic nitrogens is 3. The van der Waals surface area contributed by atoms with Crippen LogP contribution in [0.3, 0.4) is 0 Å². The van der Waals surface area contributed by atoms with Gasteiger partial charge in [-0.2, -0.15) is 5.10 Å². The van der Waals surface area contributed by atoms with Crippen LogP contribution in [-0.4, -0.2) is 41.4 Å². The van der Waals surface area contributed by atoms with Gasteiger partial charge in [0.05, 0.1) is 11.9 Å². The molecule has 2 saturated carbocycles. The van der Waals surface area contributed by atoms with Gasteiger partial charge >= 0.3 is 0 Å². The third-order valence-corrected chi connectivity index (χ3v) is 9.02. The molecule has 2 aliphatic carbocycles. The lowest BCUT2D eigenvalue weighted by atomic mass is 9.62. The van der Waals surface area contributed by atoms with Crippen LogP contribution in [0.1, 0.15) is 45.6 Å². The molecule has 1 amide bonds. The van der Waals surface area contributed by atoms with Crippen molar-refractivity contribution in [3.8, 4) is 0 Å². The monoisotopic (exact) mass is 487 g/mol. The molecule has 4 atom stereocenters. The SMILES string of the molecule is C[C@@H]1[C@H]2CC[C@@H](C[C@H]1Nc1cnn(CC(=O)NCc3ccncc3)c(=O)c1S(C)(=O)=O)C2(C)C. The third kappa shape index (κ3) is 4.73. The Balaban J connectivity index is 1.54. The van der Waals surface area contributed by atoms with Crippen LogP contribution >= 0.6 is 0 Å². The quantitative estimate of drug-likeness (QED) is 0.614. The van der Waals surface area contributed by atoms with Gasteiger partial charge in [0.25, 0.3) is 5.56 Å². The maximum atomic E-state index is 13.1. The highest BCUT2D eigenvalue weighted by atomic mass is 32.2. The van der Waals surface area contributed by atoms with Gasteiger partial charge in [-0.05, 0) is 60.1 Å². The van der Waals surface area contributed by atoms with Crippen LogP contribution in [0.2, 0.25) is 0 Å². The highest BCUT2D eigenvalue weighted by Crippen LogP contribution is 2.57. The first-order chi connectivity index (χ1) is 16.0. The second-order valence-corrected chi connectivity index (χ2v) is 12.3. The molecule has 10 heteroatoms. The van der Waals surface area contributed by atoms with Gasteiger partial charge in [-0.25, -0.2) is 13.1 Å². The fourth-order valence-corrected chi connectivity index (χ4v) is 6.85. The van der Waals surface area contributed by atoms with Crippen LogP contribution < -0.4 is 16.2 Å². The van der Waals surface area contributed by atoms with Crippen molar-refractivity contribution < 1.29 is 13.2 Å². The van der Waals surface area contributed by atoms with Gasteiger partial charge in [0.2, 0.25) is 5.91 Å². The maximum absolute atomic E-state index is 13.1. The number of nitrogens with zero attached hydrogens (tertiary/aromatic N) is 3. The van der Waals surface area contributed by atoms with Crippen molar-refractivity contribution >= 4 is 21.4 Å². The van der Waals surface area contributed by atoms with E-state index in [2.05, 4.69) is 41.5 Å². The first-order valence-corrected chi connectivity index (χ1v) is 13.6. The van der Waals surface area contributed by atoms with Gasteiger partial charge < -0.3 is 10.6 Å². The lowest BCUT2D eigenvalue weighted by Gasteiger charge is -2.46. The highest BCUT2D eigenvalue weighted by Gasteiger charge is 2.51. The Labute approximate surface area is 200 Å². The maximum Gasteiger partial charge on any atom is 0.288 e.